The SMILES string of the molecule is C(=Cc1ccccc1)CNCCc1cccnc1. The van der Waals surface area contributed by atoms with Gasteiger partial charge in [0.15, 0.2) is 0 Å². The van der Waals surface area contributed by atoms with E-state index in [1.54, 1.807) is 6.20 Å². The molecule has 0 aliphatic heterocycles. The number of nitrogens with one attached hydrogen (secondary N) is 1. The molecule has 0 atom stereocenters. The van der Waals surface area contributed by atoms with E-state index in [1.165, 1.54) is 11.1 Å². The van der Waals surface area contributed by atoms with Crippen LogP contribution in [0.4, 0.5) is 0 Å². The minimum atomic E-state index is 0.898. The van der Waals surface area contributed by atoms with Crippen molar-refractivity contribution >= 4 is 6.08 Å². The molecule has 1 aromatic heterocycles. The number of hydrogen-bond acceptors (Lipinski definition) is 2. The van der Waals surface area contributed by atoms with E-state index in [4.69, 9.17) is 0 Å². The Bertz CT molecular complexity index is 463. The lowest BCUT2D eigenvalue weighted by Crippen LogP contribution is -2.16. The first-order chi connectivity index (χ1) is 8.95. The van der Waals surface area contributed by atoms with Gasteiger partial charge in [-0.15, -0.1) is 0 Å². The van der Waals surface area contributed by atoms with Gasteiger partial charge in [0.05, 0.1) is 0 Å². The smallest absolute Gasteiger partial charge is 0.0300 e. The van der Waals surface area contributed by atoms with E-state index in [-0.39, 0.29) is 0 Å². The van der Waals surface area contributed by atoms with E-state index >= 15 is 0 Å². The summed E-state index contributed by atoms with van der Waals surface area (Å²) in [7, 11) is 0. The molecule has 2 aromatic rings. The molecule has 1 aromatic carbocycles. The summed E-state index contributed by atoms with van der Waals surface area (Å²) in [5.41, 5.74) is 2.52. The highest BCUT2D eigenvalue weighted by atomic mass is 14.8. The van der Waals surface area contributed by atoms with Crippen molar-refractivity contribution in [3.8, 4) is 0 Å². The summed E-state index contributed by atoms with van der Waals surface area (Å²) in [4.78, 5) is 4.10. The molecule has 1 heterocycles. The lowest BCUT2D eigenvalue weighted by molar-refractivity contribution is 0.744. The largest absolute Gasteiger partial charge is 0.313 e. The van der Waals surface area contributed by atoms with Crippen LogP contribution >= 0.6 is 0 Å². The number of hydrogen-bond donors (Lipinski definition) is 1. The van der Waals surface area contributed by atoms with Gasteiger partial charge >= 0.3 is 0 Å². The van der Waals surface area contributed by atoms with E-state index in [0.29, 0.717) is 0 Å². The van der Waals surface area contributed by atoms with Gasteiger partial charge in [0.2, 0.25) is 0 Å². The Morgan fingerprint density at radius 2 is 1.94 bits per heavy atom. The van der Waals surface area contributed by atoms with Crippen molar-refractivity contribution in [2.45, 2.75) is 6.42 Å². The van der Waals surface area contributed by atoms with Gasteiger partial charge < -0.3 is 5.32 Å². The molecular weight excluding hydrogens is 220 g/mol. The Morgan fingerprint density at radius 1 is 1.06 bits per heavy atom. The molecule has 0 aliphatic carbocycles. The van der Waals surface area contributed by atoms with Gasteiger partial charge in [0.25, 0.3) is 0 Å². The minimum Gasteiger partial charge on any atom is -0.313 e. The summed E-state index contributed by atoms with van der Waals surface area (Å²) in [6, 6.07) is 14.4. The molecule has 0 saturated carbocycles. The molecule has 1 N–H and O–H groups in total. The van der Waals surface area contributed by atoms with Crippen molar-refractivity contribution in [1.29, 1.82) is 0 Å². The number of rotatable bonds is 6. The van der Waals surface area contributed by atoms with Crippen molar-refractivity contribution in [2.75, 3.05) is 13.1 Å². The molecule has 0 saturated heterocycles. The zero-order valence-electron chi connectivity index (χ0n) is 10.4. The van der Waals surface area contributed by atoms with Crippen molar-refractivity contribution < 1.29 is 0 Å². The average molecular weight is 238 g/mol. The second-order valence-corrected chi connectivity index (χ2v) is 4.13. The third-order valence-corrected chi connectivity index (χ3v) is 2.69. The van der Waals surface area contributed by atoms with E-state index in [9.17, 15) is 0 Å². The van der Waals surface area contributed by atoms with Crippen molar-refractivity contribution in [3.05, 3.63) is 72.1 Å². The lowest BCUT2D eigenvalue weighted by atomic mass is 10.2. The highest BCUT2D eigenvalue weighted by Gasteiger charge is 1.90. The van der Waals surface area contributed by atoms with Gasteiger partial charge in [-0.05, 0) is 30.2 Å². The van der Waals surface area contributed by atoms with Crippen LogP contribution in [0.15, 0.2) is 60.9 Å². The maximum Gasteiger partial charge on any atom is 0.0300 e. The molecule has 0 fully saturated rings. The third kappa shape index (κ3) is 4.52. The van der Waals surface area contributed by atoms with Gasteiger partial charge in [-0.1, -0.05) is 48.6 Å². The first-order valence-electron chi connectivity index (χ1n) is 6.26. The predicted molar refractivity (Wildman–Crippen MR) is 76.3 cm³/mol. The summed E-state index contributed by atoms with van der Waals surface area (Å²) < 4.78 is 0. The van der Waals surface area contributed by atoms with Gasteiger partial charge in [-0.25, -0.2) is 0 Å². The fourth-order valence-corrected chi connectivity index (χ4v) is 1.72. The van der Waals surface area contributed by atoms with Gasteiger partial charge in [0, 0.05) is 18.9 Å². The quantitative estimate of drug-likeness (QED) is 0.783. The summed E-state index contributed by atoms with van der Waals surface area (Å²) in [5.74, 6) is 0. The monoisotopic (exact) mass is 238 g/mol. The molecule has 2 nitrogen and oxygen atoms in total. The molecule has 0 bridgehead atoms. The predicted octanol–water partition coefficient (Wildman–Crippen LogP) is 2.93. The van der Waals surface area contributed by atoms with Crippen LogP contribution in [0.2, 0.25) is 0 Å². The minimum absolute atomic E-state index is 0.898. The molecule has 92 valence electrons. The average Bonchev–Trinajstić information content (AvgIpc) is 2.45. The van der Waals surface area contributed by atoms with Crippen LogP contribution < -0.4 is 5.32 Å². The summed E-state index contributed by atoms with van der Waals surface area (Å²) in [5, 5.41) is 3.39. The van der Waals surface area contributed by atoms with Crippen LogP contribution in [0.3, 0.4) is 0 Å². The third-order valence-electron chi connectivity index (χ3n) is 2.69. The summed E-state index contributed by atoms with van der Waals surface area (Å²) >= 11 is 0. The first-order valence-corrected chi connectivity index (χ1v) is 6.26. The Morgan fingerprint density at radius 3 is 2.72 bits per heavy atom. The van der Waals surface area contributed by atoms with Crippen LogP contribution in [-0.4, -0.2) is 18.1 Å². The molecule has 0 unspecified atom stereocenters. The number of aromatic nitrogens is 1. The zero-order chi connectivity index (χ0) is 12.5. The highest BCUT2D eigenvalue weighted by molar-refractivity contribution is 5.48. The zero-order valence-corrected chi connectivity index (χ0v) is 10.4. The van der Waals surface area contributed by atoms with E-state index in [2.05, 4.69) is 52.8 Å². The van der Waals surface area contributed by atoms with E-state index in [0.717, 1.165) is 19.5 Å². The Hall–Kier alpha value is -1.93. The van der Waals surface area contributed by atoms with Crippen molar-refractivity contribution in [3.63, 3.8) is 0 Å². The van der Waals surface area contributed by atoms with Crippen LogP contribution in [0.5, 0.6) is 0 Å². The molecule has 0 aliphatic rings. The second kappa shape index (κ2) is 7.41. The fraction of sp³-hybridized carbons (Fsp3) is 0.188. The number of pyridine rings is 1. The van der Waals surface area contributed by atoms with E-state index < -0.39 is 0 Å². The van der Waals surface area contributed by atoms with Gasteiger partial charge in [-0.3, -0.25) is 4.98 Å². The Kier molecular flexibility index (Phi) is 5.15. The van der Waals surface area contributed by atoms with Crippen molar-refractivity contribution in [2.24, 2.45) is 0 Å². The number of benzene rings is 1. The second-order valence-electron chi connectivity index (χ2n) is 4.13. The Balaban J connectivity index is 1.63. The maximum absolute atomic E-state index is 4.10. The molecule has 0 radical (unpaired) electrons. The highest BCUT2D eigenvalue weighted by Crippen LogP contribution is 2.00. The molecule has 0 spiro atoms. The molecule has 2 heteroatoms. The van der Waals surface area contributed by atoms with Crippen LogP contribution in [0.25, 0.3) is 6.08 Å². The molecular formula is C16H18N2. The maximum atomic E-state index is 4.10. The topological polar surface area (TPSA) is 24.9 Å². The fourth-order valence-electron chi connectivity index (χ4n) is 1.72. The van der Waals surface area contributed by atoms with Crippen LogP contribution in [-0.2, 0) is 6.42 Å². The first kappa shape index (κ1) is 12.5. The molecule has 2 rings (SSSR count). The van der Waals surface area contributed by atoms with Crippen LogP contribution in [0.1, 0.15) is 11.1 Å². The summed E-state index contributed by atoms with van der Waals surface area (Å²) in [6.45, 7) is 1.87. The normalized spacial score (nSPS) is 10.9. The number of nitrogens with zero attached hydrogens (tertiary/aromatic N) is 1. The van der Waals surface area contributed by atoms with Crippen molar-refractivity contribution in [1.82, 2.24) is 10.3 Å². The summed E-state index contributed by atoms with van der Waals surface area (Å²) in [6.07, 6.45) is 9.03. The molecule has 18 heavy (non-hydrogen) atoms. The Labute approximate surface area is 108 Å². The lowest BCUT2D eigenvalue weighted by Gasteiger charge is -2.01. The van der Waals surface area contributed by atoms with Gasteiger partial charge in [-0.2, -0.15) is 0 Å². The van der Waals surface area contributed by atoms with Crippen LogP contribution in [0, 0.1) is 0 Å². The molecule has 0 amide bonds. The van der Waals surface area contributed by atoms with E-state index in [1.807, 2.05) is 18.3 Å². The standard InChI is InChI=1S/C16H18N2/c1-2-6-15(7-3-1)8-4-11-17-13-10-16-9-5-12-18-14-16/h1-9,12,14,17H,10-11,13H2. The van der Waals surface area contributed by atoms with Gasteiger partial charge in [0.1, 0.15) is 0 Å².